The van der Waals surface area contributed by atoms with Crippen LogP contribution in [0.3, 0.4) is 0 Å². The van der Waals surface area contributed by atoms with Gasteiger partial charge < -0.3 is 19.7 Å². The lowest BCUT2D eigenvalue weighted by molar-refractivity contribution is -0.132. The predicted octanol–water partition coefficient (Wildman–Crippen LogP) is -0.759. The van der Waals surface area contributed by atoms with Crippen LogP contribution in [0, 0.1) is 5.92 Å². The van der Waals surface area contributed by atoms with Gasteiger partial charge in [-0.25, -0.2) is 4.98 Å². The van der Waals surface area contributed by atoms with Crippen LogP contribution in [0.25, 0.3) is 0 Å². The third kappa shape index (κ3) is 2.99. The Morgan fingerprint density at radius 3 is 2.77 bits per heavy atom. The summed E-state index contributed by atoms with van der Waals surface area (Å²) in [5.41, 5.74) is 1.09. The zero-order valence-corrected chi connectivity index (χ0v) is 13.2. The second-order valence-corrected chi connectivity index (χ2v) is 6.36. The van der Waals surface area contributed by atoms with Crippen LogP contribution in [0.15, 0.2) is 12.5 Å². The zero-order chi connectivity index (χ0) is 15.7. The van der Waals surface area contributed by atoms with Gasteiger partial charge in [-0.15, -0.1) is 0 Å². The number of likely N-dealkylation sites (N-methyl/N-ethyl adjacent to an activating group) is 1. The van der Waals surface area contributed by atoms with Crippen LogP contribution >= 0.6 is 0 Å². The fraction of sp³-hybridized carbons (Fsp3) is 0.667. The molecule has 0 saturated carbocycles. The molecule has 2 amide bonds. The lowest BCUT2D eigenvalue weighted by Gasteiger charge is -2.42. The third-order valence-corrected chi connectivity index (χ3v) is 4.61. The van der Waals surface area contributed by atoms with Gasteiger partial charge in [0.2, 0.25) is 11.8 Å². The molecule has 2 saturated heterocycles. The molecule has 1 N–H and O–H groups in total. The maximum absolute atomic E-state index is 12.2. The number of aryl methyl sites for hydroxylation is 1. The Balaban J connectivity index is 1.45. The molecule has 0 spiro atoms. The van der Waals surface area contributed by atoms with Crippen LogP contribution in [-0.2, 0) is 23.1 Å². The lowest BCUT2D eigenvalue weighted by atomic mass is 10.1. The summed E-state index contributed by atoms with van der Waals surface area (Å²) in [5, 5.41) is 2.95. The predicted molar refractivity (Wildman–Crippen MR) is 81.0 cm³/mol. The van der Waals surface area contributed by atoms with Crippen molar-refractivity contribution in [3.8, 4) is 0 Å². The average molecular weight is 305 g/mol. The summed E-state index contributed by atoms with van der Waals surface area (Å²) in [6.45, 7) is 2.98. The first-order valence-electron chi connectivity index (χ1n) is 7.75. The van der Waals surface area contributed by atoms with E-state index < -0.39 is 0 Å². The summed E-state index contributed by atoms with van der Waals surface area (Å²) in [4.78, 5) is 32.4. The molecule has 2 aliphatic heterocycles. The van der Waals surface area contributed by atoms with Crippen molar-refractivity contribution in [2.45, 2.75) is 18.9 Å². The number of likely N-dealkylation sites (tertiary alicyclic amines) is 2. The first-order valence-corrected chi connectivity index (χ1v) is 7.75. The summed E-state index contributed by atoms with van der Waals surface area (Å²) >= 11 is 0. The topological polar surface area (TPSA) is 70.5 Å². The standard InChI is InChI=1S/C15H23N5O2/c1-18-8-13(9-18)20-7-11(5-14(20)21)15(22)17-4-3-12-6-16-10-19(12)2/h6,10-11,13H,3-5,7-9H2,1-2H3,(H,17,22). The second-order valence-electron chi connectivity index (χ2n) is 6.36. The van der Waals surface area contributed by atoms with Crippen LogP contribution in [0.5, 0.6) is 0 Å². The van der Waals surface area contributed by atoms with Gasteiger partial charge >= 0.3 is 0 Å². The molecule has 1 atom stereocenters. The van der Waals surface area contributed by atoms with E-state index >= 15 is 0 Å². The van der Waals surface area contributed by atoms with Gasteiger partial charge in [0.05, 0.1) is 18.3 Å². The van der Waals surface area contributed by atoms with Gasteiger partial charge in [0, 0.05) is 58.0 Å². The minimum atomic E-state index is -0.204. The summed E-state index contributed by atoms with van der Waals surface area (Å²) in [7, 11) is 3.98. The van der Waals surface area contributed by atoms with E-state index in [1.807, 2.05) is 23.6 Å². The Morgan fingerprint density at radius 2 is 2.14 bits per heavy atom. The van der Waals surface area contributed by atoms with Gasteiger partial charge in [-0.2, -0.15) is 0 Å². The molecule has 0 radical (unpaired) electrons. The van der Waals surface area contributed by atoms with Crippen molar-refractivity contribution < 1.29 is 9.59 Å². The number of hydrogen-bond acceptors (Lipinski definition) is 4. The minimum absolute atomic E-state index is 0.00861. The Kier molecular flexibility index (Phi) is 4.15. The van der Waals surface area contributed by atoms with Gasteiger partial charge in [-0.05, 0) is 7.05 Å². The van der Waals surface area contributed by atoms with E-state index in [1.165, 1.54) is 0 Å². The first-order chi connectivity index (χ1) is 10.5. The highest BCUT2D eigenvalue weighted by atomic mass is 16.2. The van der Waals surface area contributed by atoms with E-state index in [1.54, 1.807) is 12.5 Å². The molecular weight excluding hydrogens is 282 g/mol. The lowest BCUT2D eigenvalue weighted by Crippen LogP contribution is -2.58. The van der Waals surface area contributed by atoms with Crippen molar-refractivity contribution in [2.24, 2.45) is 13.0 Å². The molecule has 7 heteroatoms. The number of imidazole rings is 1. The smallest absolute Gasteiger partial charge is 0.225 e. The molecule has 7 nitrogen and oxygen atoms in total. The molecule has 0 aromatic carbocycles. The van der Waals surface area contributed by atoms with Crippen LogP contribution in [0.4, 0.5) is 0 Å². The van der Waals surface area contributed by atoms with Crippen molar-refractivity contribution in [1.29, 1.82) is 0 Å². The highest BCUT2D eigenvalue weighted by Crippen LogP contribution is 2.24. The highest BCUT2D eigenvalue weighted by molar-refractivity contribution is 5.89. The number of rotatable bonds is 5. The Labute approximate surface area is 130 Å². The van der Waals surface area contributed by atoms with Crippen LogP contribution in [0.1, 0.15) is 12.1 Å². The molecule has 120 valence electrons. The molecule has 1 unspecified atom stereocenters. The maximum atomic E-state index is 12.2. The van der Waals surface area contributed by atoms with Crippen molar-refractivity contribution in [3.05, 3.63) is 18.2 Å². The summed E-state index contributed by atoms with van der Waals surface area (Å²) < 4.78 is 1.94. The van der Waals surface area contributed by atoms with E-state index in [9.17, 15) is 9.59 Å². The van der Waals surface area contributed by atoms with Crippen LogP contribution in [0.2, 0.25) is 0 Å². The fourth-order valence-corrected chi connectivity index (χ4v) is 3.21. The van der Waals surface area contributed by atoms with Crippen molar-refractivity contribution in [1.82, 2.24) is 24.7 Å². The summed E-state index contributed by atoms with van der Waals surface area (Å²) in [6.07, 6.45) is 4.65. The van der Waals surface area contributed by atoms with Crippen molar-refractivity contribution in [2.75, 3.05) is 33.2 Å². The molecule has 1 aromatic heterocycles. The number of amides is 2. The van der Waals surface area contributed by atoms with Gasteiger partial charge in [-0.3, -0.25) is 9.59 Å². The second kappa shape index (κ2) is 6.08. The molecule has 1 aromatic rings. The fourth-order valence-electron chi connectivity index (χ4n) is 3.21. The van der Waals surface area contributed by atoms with Gasteiger partial charge in [0.1, 0.15) is 0 Å². The van der Waals surface area contributed by atoms with E-state index in [0.717, 1.165) is 25.2 Å². The number of nitrogens with zero attached hydrogens (tertiary/aromatic N) is 4. The number of carbonyl (C=O) groups is 2. The highest BCUT2D eigenvalue weighted by Gasteiger charge is 2.41. The quantitative estimate of drug-likeness (QED) is 0.776. The number of carbonyl (C=O) groups excluding carboxylic acids is 2. The first kappa shape index (κ1) is 15.0. The van der Waals surface area contributed by atoms with E-state index in [2.05, 4.69) is 15.2 Å². The molecule has 3 heterocycles. The van der Waals surface area contributed by atoms with E-state index in [-0.39, 0.29) is 17.7 Å². The van der Waals surface area contributed by atoms with Gasteiger partial charge in [0.25, 0.3) is 0 Å². The average Bonchev–Trinajstić information content (AvgIpc) is 3.02. The van der Waals surface area contributed by atoms with Gasteiger partial charge in [0.15, 0.2) is 0 Å². The molecule has 0 bridgehead atoms. The van der Waals surface area contributed by atoms with Crippen LogP contribution in [-0.4, -0.2) is 70.4 Å². The molecule has 0 aliphatic carbocycles. The van der Waals surface area contributed by atoms with Crippen molar-refractivity contribution in [3.63, 3.8) is 0 Å². The molecular formula is C15H23N5O2. The summed E-state index contributed by atoms with van der Waals surface area (Å²) in [5.74, 6) is -0.0967. The van der Waals surface area contributed by atoms with E-state index in [4.69, 9.17) is 0 Å². The molecule has 22 heavy (non-hydrogen) atoms. The Morgan fingerprint density at radius 1 is 1.36 bits per heavy atom. The SMILES string of the molecule is CN1CC(N2CC(C(=O)NCCc3cncn3C)CC2=O)C1. The number of hydrogen-bond donors (Lipinski definition) is 1. The molecule has 3 rings (SSSR count). The minimum Gasteiger partial charge on any atom is -0.355 e. The third-order valence-electron chi connectivity index (χ3n) is 4.61. The largest absolute Gasteiger partial charge is 0.355 e. The molecule has 2 aliphatic rings. The van der Waals surface area contributed by atoms with Crippen LogP contribution < -0.4 is 5.32 Å². The van der Waals surface area contributed by atoms with Gasteiger partial charge in [-0.1, -0.05) is 0 Å². The maximum Gasteiger partial charge on any atom is 0.225 e. The monoisotopic (exact) mass is 305 g/mol. The van der Waals surface area contributed by atoms with Crippen molar-refractivity contribution >= 4 is 11.8 Å². The zero-order valence-electron chi connectivity index (χ0n) is 13.2. The number of nitrogens with one attached hydrogen (secondary N) is 1. The summed E-state index contributed by atoms with van der Waals surface area (Å²) in [6, 6.07) is 0.296. The van der Waals surface area contributed by atoms with E-state index in [0.29, 0.717) is 25.6 Å². The normalized spacial score (nSPS) is 22.9. The Hall–Kier alpha value is -1.89. The number of aromatic nitrogens is 2. The molecule has 2 fully saturated rings. The Bertz CT molecular complexity index is 564.